The van der Waals surface area contributed by atoms with Crippen LogP contribution in [0.1, 0.15) is 98.9 Å². The topological polar surface area (TPSA) is 92.6 Å². The summed E-state index contributed by atoms with van der Waals surface area (Å²) < 4.78 is 5.41. The molecule has 0 aliphatic heterocycles. The number of carboxylic acids is 1. The van der Waals surface area contributed by atoms with E-state index in [0.717, 1.165) is 91.2 Å². The quantitative estimate of drug-likeness (QED) is 0.253. The number of aromatic nitrogens is 2. The maximum atomic E-state index is 14.2. The lowest BCUT2D eigenvalue weighted by Gasteiger charge is -2.36. The van der Waals surface area contributed by atoms with Gasteiger partial charge in [0.05, 0.1) is 22.7 Å². The van der Waals surface area contributed by atoms with Crippen molar-refractivity contribution in [1.82, 2.24) is 9.97 Å². The van der Waals surface area contributed by atoms with Crippen LogP contribution in [0.4, 0.5) is 5.69 Å². The number of hydrogen-bond acceptors (Lipinski definition) is 6. The molecule has 0 saturated heterocycles. The van der Waals surface area contributed by atoms with E-state index in [1.807, 2.05) is 19.2 Å². The molecule has 1 aromatic carbocycles. The van der Waals surface area contributed by atoms with Gasteiger partial charge in [-0.15, -0.1) is 11.3 Å². The molecular weight excluding hydrogens is 558 g/mol. The molecule has 3 aliphatic rings. The van der Waals surface area contributed by atoms with Crippen molar-refractivity contribution >= 4 is 28.9 Å². The second kappa shape index (κ2) is 13.2. The Bertz CT molecular complexity index is 1430. The smallest absolute Gasteiger partial charge is 0.303 e. The van der Waals surface area contributed by atoms with Gasteiger partial charge in [0.2, 0.25) is 5.91 Å². The molecule has 2 aromatic heterocycles. The lowest BCUT2D eigenvalue weighted by atomic mass is 9.78. The molecule has 7 nitrogen and oxygen atoms in total. The van der Waals surface area contributed by atoms with E-state index < -0.39 is 5.97 Å². The first-order valence-electron chi connectivity index (χ1n) is 16.0. The molecule has 0 atom stereocenters. The average molecular weight is 602 g/mol. The fourth-order valence-corrected chi connectivity index (χ4v) is 8.16. The monoisotopic (exact) mass is 601 g/mol. The number of benzene rings is 1. The predicted octanol–water partition coefficient (Wildman–Crippen LogP) is 7.99. The van der Waals surface area contributed by atoms with Crippen molar-refractivity contribution < 1.29 is 19.4 Å². The normalized spacial score (nSPS) is 24.0. The van der Waals surface area contributed by atoms with Crippen molar-refractivity contribution in [3.63, 3.8) is 0 Å². The van der Waals surface area contributed by atoms with Gasteiger partial charge in [0.15, 0.2) is 0 Å². The highest BCUT2D eigenvalue weighted by Gasteiger charge is 2.34. The van der Waals surface area contributed by atoms with Gasteiger partial charge in [-0.3, -0.25) is 14.6 Å². The minimum absolute atomic E-state index is 0.0543. The number of aliphatic carboxylic acids is 1. The van der Waals surface area contributed by atoms with Gasteiger partial charge in [-0.2, -0.15) is 0 Å². The zero-order valence-corrected chi connectivity index (χ0v) is 26.2. The number of pyridine rings is 1. The number of carbonyl (C=O) groups excluding carboxylic acids is 1. The molecule has 3 saturated carbocycles. The van der Waals surface area contributed by atoms with E-state index in [-0.39, 0.29) is 24.2 Å². The highest BCUT2D eigenvalue weighted by molar-refractivity contribution is 7.15. The van der Waals surface area contributed by atoms with Crippen LogP contribution in [0, 0.1) is 24.7 Å². The van der Waals surface area contributed by atoms with Crippen LogP contribution in [-0.2, 0) is 9.59 Å². The number of thiazole rings is 1. The number of carboxylic acid groups (broad SMARTS) is 1. The SMILES string of the molecule is COc1ccc(C2CCC(CN(C(=O)C3CCC(CC(=O)O)CC3)c3cccc(-c4cnc(C5CC5)s4)c3)CC2)nc1C. The van der Waals surface area contributed by atoms with Crippen LogP contribution in [0.25, 0.3) is 10.4 Å². The first-order chi connectivity index (χ1) is 20.9. The Balaban J connectivity index is 1.18. The van der Waals surface area contributed by atoms with Crippen LogP contribution in [0.15, 0.2) is 42.6 Å². The van der Waals surface area contributed by atoms with Gasteiger partial charge in [0.1, 0.15) is 5.75 Å². The fraction of sp³-hybridized carbons (Fsp3) is 0.543. The van der Waals surface area contributed by atoms with Gasteiger partial charge in [-0.05, 0) is 113 Å². The molecule has 3 aliphatic carbocycles. The molecule has 0 bridgehead atoms. The zero-order chi connectivity index (χ0) is 29.9. The molecule has 3 aromatic rings. The van der Waals surface area contributed by atoms with E-state index in [2.05, 4.69) is 40.2 Å². The zero-order valence-electron chi connectivity index (χ0n) is 25.3. The number of methoxy groups -OCH3 is 1. The minimum Gasteiger partial charge on any atom is -0.495 e. The second-order valence-electron chi connectivity index (χ2n) is 12.9. The van der Waals surface area contributed by atoms with Crippen LogP contribution in [0.5, 0.6) is 5.75 Å². The van der Waals surface area contributed by atoms with Gasteiger partial charge < -0.3 is 14.7 Å². The number of ether oxygens (including phenoxy) is 1. The van der Waals surface area contributed by atoms with E-state index in [9.17, 15) is 14.7 Å². The summed E-state index contributed by atoms with van der Waals surface area (Å²) in [5.74, 6) is 1.90. The Morgan fingerprint density at radius 3 is 2.35 bits per heavy atom. The van der Waals surface area contributed by atoms with Crippen molar-refractivity contribution in [2.45, 2.75) is 89.4 Å². The lowest BCUT2D eigenvalue weighted by Crippen LogP contribution is -2.41. The Labute approximate surface area is 258 Å². The summed E-state index contributed by atoms with van der Waals surface area (Å²) >= 11 is 1.78. The Kier molecular flexibility index (Phi) is 9.12. The van der Waals surface area contributed by atoms with Crippen LogP contribution in [0.3, 0.4) is 0 Å². The van der Waals surface area contributed by atoms with Crippen molar-refractivity contribution in [1.29, 1.82) is 0 Å². The highest BCUT2D eigenvalue weighted by atomic mass is 32.1. The molecule has 1 N–H and O–H groups in total. The molecular formula is C35H43N3O4S. The maximum absolute atomic E-state index is 14.2. The molecule has 3 fully saturated rings. The first-order valence-corrected chi connectivity index (χ1v) is 16.8. The van der Waals surface area contributed by atoms with Crippen LogP contribution >= 0.6 is 11.3 Å². The number of carbonyl (C=O) groups is 2. The summed E-state index contributed by atoms with van der Waals surface area (Å²) in [4.78, 5) is 38.2. The van der Waals surface area contributed by atoms with Crippen molar-refractivity contribution in [3.05, 3.63) is 59.0 Å². The third-order valence-electron chi connectivity index (χ3n) is 9.80. The van der Waals surface area contributed by atoms with E-state index in [1.165, 1.54) is 17.8 Å². The maximum Gasteiger partial charge on any atom is 0.303 e. The summed E-state index contributed by atoms with van der Waals surface area (Å²) in [5, 5.41) is 10.5. The third kappa shape index (κ3) is 7.11. The van der Waals surface area contributed by atoms with Gasteiger partial charge in [0, 0.05) is 48.3 Å². The molecule has 0 unspecified atom stereocenters. The van der Waals surface area contributed by atoms with Crippen molar-refractivity contribution in [2.75, 3.05) is 18.6 Å². The second-order valence-corrected chi connectivity index (χ2v) is 14.0. The Morgan fingerprint density at radius 2 is 1.67 bits per heavy atom. The number of rotatable bonds is 10. The van der Waals surface area contributed by atoms with E-state index in [0.29, 0.717) is 17.8 Å². The fourth-order valence-electron chi connectivity index (χ4n) is 7.08. The summed E-state index contributed by atoms with van der Waals surface area (Å²) in [7, 11) is 1.68. The van der Waals surface area contributed by atoms with Gasteiger partial charge in [-0.25, -0.2) is 4.98 Å². The molecule has 43 heavy (non-hydrogen) atoms. The average Bonchev–Trinajstić information content (AvgIpc) is 3.76. The molecule has 2 heterocycles. The number of amides is 1. The number of hydrogen-bond donors (Lipinski definition) is 1. The molecule has 8 heteroatoms. The molecule has 6 rings (SSSR count). The largest absolute Gasteiger partial charge is 0.495 e. The van der Waals surface area contributed by atoms with Crippen molar-refractivity contribution in [2.24, 2.45) is 17.8 Å². The van der Waals surface area contributed by atoms with E-state index in [4.69, 9.17) is 9.72 Å². The summed E-state index contributed by atoms with van der Waals surface area (Å²) in [6, 6.07) is 12.6. The van der Waals surface area contributed by atoms with Gasteiger partial charge >= 0.3 is 5.97 Å². The van der Waals surface area contributed by atoms with Gasteiger partial charge in [-0.1, -0.05) is 12.1 Å². The highest BCUT2D eigenvalue weighted by Crippen LogP contribution is 2.44. The Hall–Kier alpha value is -3.26. The summed E-state index contributed by atoms with van der Waals surface area (Å²) in [6.45, 7) is 2.72. The predicted molar refractivity (Wildman–Crippen MR) is 170 cm³/mol. The van der Waals surface area contributed by atoms with E-state index >= 15 is 0 Å². The third-order valence-corrected chi connectivity index (χ3v) is 11.0. The number of anilines is 1. The first kappa shape index (κ1) is 29.8. The number of aryl methyl sites for hydroxylation is 1. The molecule has 0 spiro atoms. The van der Waals surface area contributed by atoms with Crippen LogP contribution in [0.2, 0.25) is 0 Å². The lowest BCUT2D eigenvalue weighted by molar-refractivity contribution is -0.138. The molecule has 1 amide bonds. The van der Waals surface area contributed by atoms with Crippen LogP contribution in [-0.4, -0.2) is 40.6 Å². The van der Waals surface area contributed by atoms with E-state index in [1.54, 1.807) is 18.4 Å². The standard InChI is InChI=1S/C35H43N3O4S/c1-22-31(42-2)17-16-30(37-22)25-10-8-24(9-11-25)21-38(35(41)27-12-6-23(7-13-27)18-33(39)40)29-5-3-4-28(19-29)32-20-36-34(43-32)26-14-15-26/h3-5,16-17,19-20,23-27H,6-15,18,21H2,1-2H3,(H,39,40). The van der Waals surface area contributed by atoms with Gasteiger partial charge in [0.25, 0.3) is 0 Å². The summed E-state index contributed by atoms with van der Waals surface area (Å²) in [5.41, 5.74) is 4.16. The summed E-state index contributed by atoms with van der Waals surface area (Å²) in [6.07, 6.45) is 12.1. The molecule has 0 radical (unpaired) electrons. The number of nitrogens with zero attached hydrogens (tertiary/aromatic N) is 3. The van der Waals surface area contributed by atoms with Crippen molar-refractivity contribution in [3.8, 4) is 16.2 Å². The minimum atomic E-state index is -0.739. The van der Waals surface area contributed by atoms with Crippen LogP contribution < -0.4 is 9.64 Å². The molecule has 228 valence electrons. The Morgan fingerprint density at radius 1 is 0.953 bits per heavy atom.